The first-order chi connectivity index (χ1) is 23.1. The molecule has 0 saturated heterocycles. The van der Waals surface area contributed by atoms with E-state index < -0.39 is 24.4 Å². The summed E-state index contributed by atoms with van der Waals surface area (Å²) in [6, 6.07) is 14.7. The van der Waals surface area contributed by atoms with Crippen LogP contribution < -0.4 is 18.9 Å². The molecule has 48 heavy (non-hydrogen) atoms. The Morgan fingerprint density at radius 2 is 0.625 bits per heavy atom. The minimum absolute atomic E-state index is 0.0454. The van der Waals surface area contributed by atoms with Gasteiger partial charge in [-0.15, -0.1) is 0 Å². The summed E-state index contributed by atoms with van der Waals surface area (Å²) in [7, 11) is 12.5. The van der Waals surface area contributed by atoms with Crippen molar-refractivity contribution < 1.29 is 48.1 Å². The molecule has 4 aromatic rings. The molecule has 0 radical (unpaired) electrons. The Labute approximate surface area is 281 Å². The van der Waals surface area contributed by atoms with E-state index in [-0.39, 0.29) is 11.5 Å². The van der Waals surface area contributed by atoms with Gasteiger partial charge in [0.15, 0.2) is 0 Å². The number of hydrogen-bond acceptors (Lipinski definition) is 10. The van der Waals surface area contributed by atoms with Gasteiger partial charge in [0.1, 0.15) is 58.9 Å². The van der Waals surface area contributed by atoms with E-state index in [0.717, 1.165) is 11.1 Å². The minimum Gasteiger partial charge on any atom is -0.507 e. The summed E-state index contributed by atoms with van der Waals surface area (Å²) in [5.41, 5.74) is 5.96. The molecule has 5 rings (SSSR count). The number of aryl methyl sites for hydroxylation is 2. The van der Waals surface area contributed by atoms with Crippen LogP contribution in [0.15, 0.2) is 48.5 Å². The first-order valence-electron chi connectivity index (χ1n) is 15.4. The zero-order valence-corrected chi connectivity index (χ0v) is 29.1. The topological polar surface area (TPSA) is 114 Å². The molecule has 0 aromatic heterocycles. The Morgan fingerprint density at radius 1 is 0.375 bits per heavy atom. The molecule has 1 aliphatic rings. The van der Waals surface area contributed by atoms with E-state index in [1.807, 2.05) is 38.1 Å². The van der Waals surface area contributed by atoms with Gasteiger partial charge in [-0.05, 0) is 62.4 Å². The molecule has 4 atom stereocenters. The molecule has 0 aliphatic heterocycles. The van der Waals surface area contributed by atoms with Crippen LogP contribution >= 0.6 is 0 Å². The van der Waals surface area contributed by atoms with Crippen LogP contribution in [0.3, 0.4) is 0 Å². The maximum atomic E-state index is 12.1. The summed E-state index contributed by atoms with van der Waals surface area (Å²) in [5, 5.41) is 24.2. The van der Waals surface area contributed by atoms with Crippen LogP contribution in [-0.4, -0.2) is 67.1 Å². The average Bonchev–Trinajstić information content (AvgIpc) is 3.08. The number of rotatable bonds is 8. The van der Waals surface area contributed by atoms with Crippen molar-refractivity contribution in [3.05, 3.63) is 104 Å². The van der Waals surface area contributed by atoms with Gasteiger partial charge in [-0.1, -0.05) is 11.1 Å². The molecule has 1 aliphatic carbocycles. The second-order valence-electron chi connectivity index (χ2n) is 11.7. The zero-order valence-electron chi connectivity index (χ0n) is 29.1. The smallest absolute Gasteiger partial charge is 0.131 e. The molecule has 2 N–H and O–H groups in total. The van der Waals surface area contributed by atoms with Gasteiger partial charge in [0.25, 0.3) is 0 Å². The van der Waals surface area contributed by atoms with Crippen LogP contribution in [0.1, 0.15) is 80.1 Å². The van der Waals surface area contributed by atoms with Crippen LogP contribution in [0.25, 0.3) is 0 Å². The predicted molar refractivity (Wildman–Crippen MR) is 180 cm³/mol. The SMILES string of the molecule is COc1cc2c(O)c(c1)C(OC)c1cc(C)cc(c1OC)C(OC)c1cc(OC)cc(c1O)C(OC)c1cc(C)cc(c1OC)C2OC. The lowest BCUT2D eigenvalue weighted by Crippen LogP contribution is -2.16. The lowest BCUT2D eigenvalue weighted by Gasteiger charge is -2.30. The number of methoxy groups -OCH3 is 8. The average molecular weight is 661 g/mol. The van der Waals surface area contributed by atoms with E-state index in [9.17, 15) is 10.2 Å². The first-order valence-corrected chi connectivity index (χ1v) is 15.4. The Hall–Kier alpha value is -4.48. The summed E-state index contributed by atoms with van der Waals surface area (Å²) >= 11 is 0. The second-order valence-corrected chi connectivity index (χ2v) is 11.7. The zero-order chi connectivity index (χ0) is 34.9. The van der Waals surface area contributed by atoms with Gasteiger partial charge < -0.3 is 48.1 Å². The lowest BCUT2D eigenvalue weighted by atomic mass is 9.86. The molecule has 10 heteroatoms. The number of aromatic hydroxyl groups is 2. The fourth-order valence-corrected chi connectivity index (χ4v) is 6.93. The number of phenolic OH excluding ortho intramolecular Hbond substituents is 2. The molecular weight excluding hydrogens is 616 g/mol. The molecule has 0 amide bonds. The Balaban J connectivity index is 2.02. The molecular formula is C38H44O10. The Kier molecular flexibility index (Phi) is 10.4. The summed E-state index contributed by atoms with van der Waals surface area (Å²) in [6.45, 7) is 3.89. The molecule has 0 spiro atoms. The van der Waals surface area contributed by atoms with Gasteiger partial charge >= 0.3 is 0 Å². The third kappa shape index (κ3) is 5.90. The highest BCUT2D eigenvalue weighted by Gasteiger charge is 2.35. The molecule has 4 unspecified atom stereocenters. The van der Waals surface area contributed by atoms with Crippen LogP contribution in [0.5, 0.6) is 34.5 Å². The highest BCUT2D eigenvalue weighted by molar-refractivity contribution is 5.62. The highest BCUT2D eigenvalue weighted by Crippen LogP contribution is 2.51. The molecule has 4 aromatic carbocycles. The van der Waals surface area contributed by atoms with E-state index >= 15 is 0 Å². The van der Waals surface area contributed by atoms with E-state index in [2.05, 4.69) is 0 Å². The van der Waals surface area contributed by atoms with Crippen molar-refractivity contribution in [1.29, 1.82) is 0 Å². The summed E-state index contributed by atoms with van der Waals surface area (Å²) in [4.78, 5) is 0. The fourth-order valence-electron chi connectivity index (χ4n) is 6.93. The maximum Gasteiger partial charge on any atom is 0.131 e. The van der Waals surface area contributed by atoms with E-state index in [4.69, 9.17) is 37.9 Å². The van der Waals surface area contributed by atoms with Crippen molar-refractivity contribution in [2.24, 2.45) is 0 Å². The number of benzene rings is 4. The quantitative estimate of drug-likeness (QED) is 0.205. The molecule has 0 heterocycles. The number of hydrogen-bond donors (Lipinski definition) is 2. The molecule has 10 nitrogen and oxygen atoms in total. The third-order valence-electron chi connectivity index (χ3n) is 8.95. The van der Waals surface area contributed by atoms with Crippen molar-refractivity contribution in [1.82, 2.24) is 0 Å². The molecule has 8 bridgehead atoms. The lowest BCUT2D eigenvalue weighted by molar-refractivity contribution is 0.115. The fraction of sp³-hybridized carbons (Fsp3) is 0.368. The summed E-state index contributed by atoms with van der Waals surface area (Å²) in [6.07, 6.45) is -3.29. The van der Waals surface area contributed by atoms with Crippen molar-refractivity contribution in [3.63, 3.8) is 0 Å². The Morgan fingerprint density at radius 3 is 0.812 bits per heavy atom. The number of phenols is 2. The van der Waals surface area contributed by atoms with Crippen LogP contribution in [0, 0.1) is 13.8 Å². The van der Waals surface area contributed by atoms with Crippen molar-refractivity contribution in [2.45, 2.75) is 38.3 Å². The third-order valence-corrected chi connectivity index (χ3v) is 8.95. The van der Waals surface area contributed by atoms with Gasteiger partial charge in [0.05, 0.1) is 28.4 Å². The van der Waals surface area contributed by atoms with Crippen molar-refractivity contribution in [2.75, 3.05) is 56.9 Å². The largest absolute Gasteiger partial charge is 0.507 e. The molecule has 0 fully saturated rings. The van der Waals surface area contributed by atoms with E-state index in [0.29, 0.717) is 67.5 Å². The predicted octanol–water partition coefficient (Wildman–Crippen LogP) is 7.01. The molecule has 256 valence electrons. The number of fused-ring (bicyclic) bond motifs is 8. The second kappa shape index (κ2) is 14.3. The molecule has 0 saturated carbocycles. The standard InChI is InChI=1S/C38H44O10/c1-19-11-27-33(43-5)23-15-21(41-3)17-25(31(23)39)35(45-7)29-13-20(2)14-30(38(29)48-10)36(46-8)26-18-22(42-4)16-24(32(26)40)34(44-6)28(12-19)37(27)47-9/h11-18,33-36,39-40H,1-10H3. The number of ether oxygens (including phenoxy) is 8. The van der Waals surface area contributed by atoms with Crippen LogP contribution in [0.2, 0.25) is 0 Å². The van der Waals surface area contributed by atoms with Gasteiger partial charge in [-0.2, -0.15) is 0 Å². The van der Waals surface area contributed by atoms with Gasteiger partial charge in [-0.3, -0.25) is 0 Å². The van der Waals surface area contributed by atoms with Crippen molar-refractivity contribution >= 4 is 0 Å². The maximum absolute atomic E-state index is 12.1. The summed E-state index contributed by atoms with van der Waals surface area (Å²) in [5.74, 6) is 1.78. The van der Waals surface area contributed by atoms with Gasteiger partial charge in [0.2, 0.25) is 0 Å². The normalized spacial score (nSPS) is 18.7. The first kappa shape index (κ1) is 34.8. The van der Waals surface area contributed by atoms with Crippen LogP contribution in [-0.2, 0) is 18.9 Å². The van der Waals surface area contributed by atoms with E-state index in [1.165, 1.54) is 0 Å². The minimum atomic E-state index is -0.822. The summed E-state index contributed by atoms with van der Waals surface area (Å²) < 4.78 is 48.3. The van der Waals surface area contributed by atoms with E-state index in [1.54, 1.807) is 81.1 Å². The highest BCUT2D eigenvalue weighted by atomic mass is 16.5. The monoisotopic (exact) mass is 660 g/mol. The van der Waals surface area contributed by atoms with Gasteiger partial charge in [0, 0.05) is 72.9 Å². The van der Waals surface area contributed by atoms with Gasteiger partial charge in [-0.25, -0.2) is 0 Å². The Bertz CT molecular complexity index is 1560. The van der Waals surface area contributed by atoms with Crippen LogP contribution in [0.4, 0.5) is 0 Å². The van der Waals surface area contributed by atoms with Crippen molar-refractivity contribution in [3.8, 4) is 34.5 Å².